The topological polar surface area (TPSA) is 72.9 Å². The van der Waals surface area contributed by atoms with Gasteiger partial charge in [-0.1, -0.05) is 0 Å². The zero-order valence-electron chi connectivity index (χ0n) is 13.6. The van der Waals surface area contributed by atoms with Gasteiger partial charge in [-0.05, 0) is 37.6 Å². The van der Waals surface area contributed by atoms with Gasteiger partial charge in [0.25, 0.3) is 0 Å². The molecule has 0 N–H and O–H groups in total. The second kappa shape index (κ2) is 6.47. The molecule has 1 aromatic carbocycles. The van der Waals surface area contributed by atoms with Crippen molar-refractivity contribution in [2.24, 2.45) is 0 Å². The first-order valence-electron chi connectivity index (χ1n) is 7.74. The van der Waals surface area contributed by atoms with Crippen LogP contribution in [0.3, 0.4) is 0 Å². The number of fused-ring (bicyclic) bond motifs is 1. The van der Waals surface area contributed by atoms with Crippen molar-refractivity contribution in [1.82, 2.24) is 4.90 Å². The maximum absolute atomic E-state index is 12.3. The quantitative estimate of drug-likeness (QED) is 0.597. The number of esters is 1. The molecule has 0 aromatic heterocycles. The highest BCUT2D eigenvalue weighted by Crippen LogP contribution is 2.47. The Labute approximate surface area is 144 Å². The highest BCUT2D eigenvalue weighted by atomic mass is 32.2. The van der Waals surface area contributed by atoms with Gasteiger partial charge in [0.15, 0.2) is 12.4 Å². The monoisotopic (exact) mass is 349 g/mol. The highest BCUT2D eigenvalue weighted by molar-refractivity contribution is 8.01. The van der Waals surface area contributed by atoms with Crippen molar-refractivity contribution in [2.75, 3.05) is 19.5 Å². The molecule has 128 valence electrons. The summed E-state index contributed by atoms with van der Waals surface area (Å²) >= 11 is 1.60. The van der Waals surface area contributed by atoms with Gasteiger partial charge in [-0.3, -0.25) is 9.59 Å². The summed E-state index contributed by atoms with van der Waals surface area (Å²) in [6.07, 6.45) is 1.20. The second-order valence-corrected chi connectivity index (χ2v) is 7.53. The first-order valence-corrected chi connectivity index (χ1v) is 8.73. The molecule has 2 aliphatic heterocycles. The Morgan fingerprint density at radius 1 is 1.33 bits per heavy atom. The third-order valence-electron chi connectivity index (χ3n) is 4.47. The SMILES string of the molecule is COc1ccc(C(=O)COC(=O)[C@H]2CS[C@@]3(C)CCC(=O)N23)cc1. The van der Waals surface area contributed by atoms with Gasteiger partial charge in [0.05, 0.1) is 12.0 Å². The molecular formula is C17H19NO5S. The van der Waals surface area contributed by atoms with Crippen LogP contribution in [0.2, 0.25) is 0 Å². The smallest absolute Gasteiger partial charge is 0.330 e. The summed E-state index contributed by atoms with van der Waals surface area (Å²) < 4.78 is 10.2. The molecule has 2 aliphatic rings. The van der Waals surface area contributed by atoms with Gasteiger partial charge in [0.1, 0.15) is 11.8 Å². The van der Waals surface area contributed by atoms with Crippen LogP contribution in [-0.2, 0) is 14.3 Å². The van der Waals surface area contributed by atoms with Crippen LogP contribution in [0.15, 0.2) is 24.3 Å². The van der Waals surface area contributed by atoms with E-state index in [1.165, 1.54) is 0 Å². The number of methoxy groups -OCH3 is 1. The van der Waals surface area contributed by atoms with Gasteiger partial charge >= 0.3 is 5.97 Å². The van der Waals surface area contributed by atoms with E-state index in [4.69, 9.17) is 9.47 Å². The molecule has 0 spiro atoms. The van der Waals surface area contributed by atoms with Crippen LogP contribution >= 0.6 is 11.8 Å². The van der Waals surface area contributed by atoms with Crippen LogP contribution in [0, 0.1) is 0 Å². The van der Waals surface area contributed by atoms with Crippen LogP contribution in [0.5, 0.6) is 5.75 Å². The number of rotatable bonds is 5. The van der Waals surface area contributed by atoms with Crippen molar-refractivity contribution >= 4 is 29.4 Å². The predicted octanol–water partition coefficient (Wildman–Crippen LogP) is 1.88. The summed E-state index contributed by atoms with van der Waals surface area (Å²) in [6.45, 7) is 1.64. The number of ether oxygens (including phenoxy) is 2. The Morgan fingerprint density at radius 3 is 2.71 bits per heavy atom. The Hall–Kier alpha value is -2.02. The number of benzene rings is 1. The van der Waals surface area contributed by atoms with Gasteiger partial charge in [-0.2, -0.15) is 0 Å². The number of carbonyl (C=O) groups is 3. The van der Waals surface area contributed by atoms with E-state index in [1.54, 1.807) is 48.0 Å². The van der Waals surface area contributed by atoms with Gasteiger partial charge in [-0.25, -0.2) is 4.79 Å². The molecule has 7 heteroatoms. The van der Waals surface area contributed by atoms with E-state index in [2.05, 4.69) is 0 Å². The van der Waals surface area contributed by atoms with E-state index in [0.29, 0.717) is 23.5 Å². The highest BCUT2D eigenvalue weighted by Gasteiger charge is 2.53. The van der Waals surface area contributed by atoms with Crippen molar-refractivity contribution in [1.29, 1.82) is 0 Å². The molecule has 0 aliphatic carbocycles. The van der Waals surface area contributed by atoms with Crippen molar-refractivity contribution in [3.63, 3.8) is 0 Å². The number of carbonyl (C=O) groups excluding carboxylic acids is 3. The van der Waals surface area contributed by atoms with E-state index in [-0.39, 0.29) is 23.2 Å². The lowest BCUT2D eigenvalue weighted by molar-refractivity contribution is -0.152. The molecule has 2 heterocycles. The number of thioether (sulfide) groups is 1. The molecule has 0 bridgehead atoms. The van der Waals surface area contributed by atoms with Gasteiger partial charge < -0.3 is 14.4 Å². The Balaban J connectivity index is 1.59. The van der Waals surface area contributed by atoms with Crippen LogP contribution in [0.1, 0.15) is 30.1 Å². The lowest BCUT2D eigenvalue weighted by atomic mass is 10.1. The number of ketones is 1. The number of hydrogen-bond acceptors (Lipinski definition) is 6. The summed E-state index contributed by atoms with van der Waals surface area (Å²) in [5.74, 6) is 0.345. The number of Topliss-reactive ketones (excluding diaryl/α,β-unsaturated/α-hetero) is 1. The third-order valence-corrected chi connectivity index (χ3v) is 5.98. The van der Waals surface area contributed by atoms with E-state index in [9.17, 15) is 14.4 Å². The minimum Gasteiger partial charge on any atom is -0.497 e. The molecular weight excluding hydrogens is 330 g/mol. The predicted molar refractivity (Wildman–Crippen MR) is 89.0 cm³/mol. The fraction of sp³-hybridized carbons (Fsp3) is 0.471. The van der Waals surface area contributed by atoms with Gasteiger partial charge in [0.2, 0.25) is 5.91 Å². The van der Waals surface area contributed by atoms with Crippen molar-refractivity contribution in [3.05, 3.63) is 29.8 Å². The number of hydrogen-bond donors (Lipinski definition) is 0. The molecule has 3 rings (SSSR count). The molecule has 6 nitrogen and oxygen atoms in total. The Morgan fingerprint density at radius 2 is 2.04 bits per heavy atom. The van der Waals surface area contributed by atoms with Gasteiger partial charge in [0, 0.05) is 17.7 Å². The molecule has 2 fully saturated rings. The fourth-order valence-electron chi connectivity index (χ4n) is 3.09. The van der Waals surface area contributed by atoms with Crippen LogP contribution in [-0.4, -0.2) is 52.9 Å². The number of nitrogens with zero attached hydrogens (tertiary/aromatic N) is 1. The summed E-state index contributed by atoms with van der Waals surface area (Å²) in [7, 11) is 1.55. The molecule has 1 aromatic rings. The maximum Gasteiger partial charge on any atom is 0.330 e. The van der Waals surface area contributed by atoms with Crippen molar-refractivity contribution in [2.45, 2.75) is 30.7 Å². The molecule has 0 unspecified atom stereocenters. The average molecular weight is 349 g/mol. The zero-order valence-corrected chi connectivity index (χ0v) is 14.4. The standard InChI is InChI=1S/C17H19NO5S/c1-17-8-7-15(20)18(17)13(10-24-17)16(21)23-9-14(19)11-3-5-12(22-2)6-4-11/h3-6,13H,7-10H2,1-2H3/t13-,17+/m1/s1. The van der Waals surface area contributed by atoms with E-state index in [1.807, 2.05) is 6.92 Å². The van der Waals surface area contributed by atoms with E-state index < -0.39 is 12.0 Å². The maximum atomic E-state index is 12.3. The fourth-order valence-corrected chi connectivity index (χ4v) is 4.50. The molecule has 2 saturated heterocycles. The van der Waals surface area contributed by atoms with Crippen molar-refractivity contribution in [3.8, 4) is 5.75 Å². The largest absolute Gasteiger partial charge is 0.497 e. The number of amides is 1. The molecule has 0 saturated carbocycles. The molecule has 0 radical (unpaired) electrons. The minimum atomic E-state index is -0.598. The first kappa shape index (κ1) is 16.8. The zero-order chi connectivity index (χ0) is 17.3. The summed E-state index contributed by atoms with van der Waals surface area (Å²) in [5.41, 5.74) is 0.450. The van der Waals surface area contributed by atoms with E-state index in [0.717, 1.165) is 6.42 Å². The van der Waals surface area contributed by atoms with Crippen LogP contribution in [0.25, 0.3) is 0 Å². The average Bonchev–Trinajstić information content (AvgIpc) is 3.09. The Kier molecular flexibility index (Phi) is 4.54. The first-order chi connectivity index (χ1) is 11.4. The minimum absolute atomic E-state index is 0.0223. The van der Waals surface area contributed by atoms with E-state index >= 15 is 0 Å². The van der Waals surface area contributed by atoms with Crippen molar-refractivity contribution < 1.29 is 23.9 Å². The lowest BCUT2D eigenvalue weighted by Crippen LogP contribution is -2.46. The third kappa shape index (κ3) is 3.00. The second-order valence-electron chi connectivity index (χ2n) is 6.02. The summed E-state index contributed by atoms with van der Waals surface area (Å²) in [6, 6.07) is 6.01. The molecule has 24 heavy (non-hydrogen) atoms. The molecule has 1 amide bonds. The van der Waals surface area contributed by atoms with Crippen LogP contribution in [0.4, 0.5) is 0 Å². The summed E-state index contributed by atoms with van der Waals surface area (Å²) in [5, 5.41) is 0. The normalized spacial score (nSPS) is 25.5. The van der Waals surface area contributed by atoms with Crippen LogP contribution < -0.4 is 4.74 Å². The molecule has 2 atom stereocenters. The lowest BCUT2D eigenvalue weighted by Gasteiger charge is -2.29. The van der Waals surface area contributed by atoms with Gasteiger partial charge in [-0.15, -0.1) is 11.8 Å². The Bertz CT molecular complexity index is 674. The summed E-state index contributed by atoms with van der Waals surface area (Å²) in [4.78, 5) is 37.8.